The highest BCUT2D eigenvalue weighted by Gasteiger charge is 2.11. The maximum absolute atomic E-state index is 12.4. The lowest BCUT2D eigenvalue weighted by molar-refractivity contribution is 0.102. The van der Waals surface area contributed by atoms with Gasteiger partial charge < -0.3 is 10.2 Å². The maximum atomic E-state index is 12.4. The number of anilines is 1. The van der Waals surface area contributed by atoms with Crippen molar-refractivity contribution in [2.24, 2.45) is 0 Å². The minimum Gasteiger partial charge on any atom is -0.305 e. The van der Waals surface area contributed by atoms with Gasteiger partial charge in [-0.25, -0.2) is 9.67 Å². The van der Waals surface area contributed by atoms with E-state index in [1.54, 1.807) is 23.1 Å². The number of hydrogen-bond donors (Lipinski definition) is 1. The topological polar surface area (TPSA) is 63.1 Å². The van der Waals surface area contributed by atoms with Gasteiger partial charge >= 0.3 is 0 Å². The zero-order valence-electron chi connectivity index (χ0n) is 14.0. The molecule has 3 aromatic rings. The Labute approximate surface area is 154 Å². The first-order valence-electron chi connectivity index (χ1n) is 7.74. The first-order valence-corrected chi connectivity index (χ1v) is 8.53. The Hall–Kier alpha value is -2.51. The standard InChI is InChI=1S/C18H18BrN5O/c1-23(2)12-13-7-9-20-17(11-13)21-18(25)16-8-10-24(22-16)15-5-3-14(19)4-6-15/h3-11H,12H2,1-2H3,(H,20,21,25). The molecule has 0 aliphatic rings. The molecule has 0 aliphatic carbocycles. The molecule has 0 saturated heterocycles. The van der Waals surface area contributed by atoms with Crippen LogP contribution < -0.4 is 5.32 Å². The van der Waals surface area contributed by atoms with E-state index in [0.29, 0.717) is 11.5 Å². The number of carbonyl (C=O) groups is 1. The van der Waals surface area contributed by atoms with Gasteiger partial charge in [0.25, 0.3) is 5.91 Å². The molecule has 1 amide bonds. The molecule has 25 heavy (non-hydrogen) atoms. The van der Waals surface area contributed by atoms with Crippen molar-refractivity contribution >= 4 is 27.7 Å². The SMILES string of the molecule is CN(C)Cc1ccnc(NC(=O)c2ccn(-c3ccc(Br)cc3)n2)c1. The zero-order valence-corrected chi connectivity index (χ0v) is 15.6. The van der Waals surface area contributed by atoms with E-state index in [0.717, 1.165) is 22.3 Å². The first kappa shape index (κ1) is 17.3. The summed E-state index contributed by atoms with van der Waals surface area (Å²) in [6, 6.07) is 13.2. The summed E-state index contributed by atoms with van der Waals surface area (Å²) in [5.41, 5.74) is 2.30. The van der Waals surface area contributed by atoms with E-state index < -0.39 is 0 Å². The van der Waals surface area contributed by atoms with Gasteiger partial charge in [-0.05, 0) is 62.1 Å². The quantitative estimate of drug-likeness (QED) is 0.714. The van der Waals surface area contributed by atoms with Crippen LogP contribution in [0.1, 0.15) is 16.1 Å². The van der Waals surface area contributed by atoms with Gasteiger partial charge in [0.2, 0.25) is 0 Å². The Morgan fingerprint density at radius 2 is 1.96 bits per heavy atom. The van der Waals surface area contributed by atoms with Crippen LogP contribution in [0.4, 0.5) is 5.82 Å². The van der Waals surface area contributed by atoms with E-state index in [4.69, 9.17) is 0 Å². The molecule has 0 spiro atoms. The second kappa shape index (κ2) is 7.58. The summed E-state index contributed by atoms with van der Waals surface area (Å²) >= 11 is 3.40. The Kier molecular flexibility index (Phi) is 5.25. The lowest BCUT2D eigenvalue weighted by Crippen LogP contribution is -2.15. The Morgan fingerprint density at radius 3 is 2.68 bits per heavy atom. The van der Waals surface area contributed by atoms with Crippen LogP contribution in [0.25, 0.3) is 5.69 Å². The van der Waals surface area contributed by atoms with Crippen LogP contribution in [0.3, 0.4) is 0 Å². The molecular weight excluding hydrogens is 382 g/mol. The van der Waals surface area contributed by atoms with E-state index >= 15 is 0 Å². The molecule has 0 saturated carbocycles. The molecule has 0 bridgehead atoms. The molecule has 7 heteroatoms. The molecular formula is C18H18BrN5O. The smallest absolute Gasteiger partial charge is 0.277 e. The molecule has 1 aromatic carbocycles. The van der Waals surface area contributed by atoms with E-state index in [1.165, 1.54) is 0 Å². The average molecular weight is 400 g/mol. The number of aromatic nitrogens is 3. The van der Waals surface area contributed by atoms with Gasteiger partial charge in [0.1, 0.15) is 5.82 Å². The second-order valence-corrected chi connectivity index (χ2v) is 6.78. The minimum atomic E-state index is -0.287. The van der Waals surface area contributed by atoms with Gasteiger partial charge in [-0.1, -0.05) is 15.9 Å². The summed E-state index contributed by atoms with van der Waals surface area (Å²) in [5.74, 6) is 0.230. The number of rotatable bonds is 5. The summed E-state index contributed by atoms with van der Waals surface area (Å²) in [6.45, 7) is 0.781. The van der Waals surface area contributed by atoms with Crippen molar-refractivity contribution in [1.82, 2.24) is 19.7 Å². The highest BCUT2D eigenvalue weighted by atomic mass is 79.9. The normalized spacial score (nSPS) is 10.9. The molecule has 128 valence electrons. The number of carbonyl (C=O) groups excluding carboxylic acids is 1. The number of halogens is 1. The molecule has 0 atom stereocenters. The van der Waals surface area contributed by atoms with Crippen LogP contribution in [0, 0.1) is 0 Å². The van der Waals surface area contributed by atoms with E-state index in [2.05, 4.69) is 36.2 Å². The Bertz CT molecular complexity index is 873. The molecule has 0 unspecified atom stereocenters. The van der Waals surface area contributed by atoms with Gasteiger partial charge in [0, 0.05) is 23.4 Å². The lowest BCUT2D eigenvalue weighted by atomic mass is 10.2. The molecule has 0 aliphatic heterocycles. The third-order valence-corrected chi connectivity index (χ3v) is 4.01. The number of nitrogens with zero attached hydrogens (tertiary/aromatic N) is 4. The number of amides is 1. The summed E-state index contributed by atoms with van der Waals surface area (Å²) in [7, 11) is 3.99. The minimum absolute atomic E-state index is 0.287. The van der Waals surface area contributed by atoms with Crippen LogP contribution in [-0.4, -0.2) is 39.7 Å². The molecule has 1 N–H and O–H groups in total. The summed E-state index contributed by atoms with van der Waals surface area (Å²) in [4.78, 5) is 18.7. The van der Waals surface area contributed by atoms with Gasteiger partial charge in [0.05, 0.1) is 5.69 Å². The van der Waals surface area contributed by atoms with E-state index in [-0.39, 0.29) is 5.91 Å². The fraction of sp³-hybridized carbons (Fsp3) is 0.167. The van der Waals surface area contributed by atoms with Gasteiger partial charge in [-0.3, -0.25) is 4.79 Å². The Morgan fingerprint density at radius 1 is 1.20 bits per heavy atom. The highest BCUT2D eigenvalue weighted by Crippen LogP contribution is 2.14. The van der Waals surface area contributed by atoms with Crippen molar-refractivity contribution in [2.75, 3.05) is 19.4 Å². The van der Waals surface area contributed by atoms with E-state index in [1.807, 2.05) is 50.5 Å². The predicted octanol–water partition coefficient (Wildman–Crippen LogP) is 3.34. The van der Waals surface area contributed by atoms with Crippen LogP contribution in [0.2, 0.25) is 0 Å². The number of benzene rings is 1. The van der Waals surface area contributed by atoms with Gasteiger partial charge in [-0.2, -0.15) is 5.10 Å². The maximum Gasteiger partial charge on any atom is 0.277 e. The predicted molar refractivity (Wildman–Crippen MR) is 101 cm³/mol. The lowest BCUT2D eigenvalue weighted by Gasteiger charge is -2.10. The summed E-state index contributed by atoms with van der Waals surface area (Å²) in [6.07, 6.45) is 3.45. The van der Waals surface area contributed by atoms with Crippen LogP contribution in [0.5, 0.6) is 0 Å². The fourth-order valence-electron chi connectivity index (χ4n) is 2.37. The van der Waals surface area contributed by atoms with Crippen LogP contribution in [-0.2, 0) is 6.54 Å². The molecule has 0 fully saturated rings. The highest BCUT2D eigenvalue weighted by molar-refractivity contribution is 9.10. The van der Waals surface area contributed by atoms with Crippen LogP contribution >= 0.6 is 15.9 Å². The Balaban J connectivity index is 1.73. The second-order valence-electron chi connectivity index (χ2n) is 5.86. The third kappa shape index (κ3) is 4.52. The van der Waals surface area contributed by atoms with Gasteiger partial charge in [-0.15, -0.1) is 0 Å². The zero-order chi connectivity index (χ0) is 17.8. The van der Waals surface area contributed by atoms with E-state index in [9.17, 15) is 4.79 Å². The largest absolute Gasteiger partial charge is 0.305 e. The third-order valence-electron chi connectivity index (χ3n) is 3.48. The molecule has 2 heterocycles. The molecule has 2 aromatic heterocycles. The number of pyridine rings is 1. The van der Waals surface area contributed by atoms with Crippen molar-refractivity contribution in [3.05, 3.63) is 70.6 Å². The molecule has 3 rings (SSSR count). The van der Waals surface area contributed by atoms with Crippen molar-refractivity contribution in [3.8, 4) is 5.69 Å². The molecule has 6 nitrogen and oxygen atoms in total. The van der Waals surface area contributed by atoms with Crippen molar-refractivity contribution in [2.45, 2.75) is 6.54 Å². The monoisotopic (exact) mass is 399 g/mol. The first-order chi connectivity index (χ1) is 12.0. The summed E-state index contributed by atoms with van der Waals surface area (Å²) < 4.78 is 2.65. The van der Waals surface area contributed by atoms with Crippen LogP contribution in [0.15, 0.2) is 59.3 Å². The number of hydrogen-bond acceptors (Lipinski definition) is 4. The van der Waals surface area contributed by atoms with Crippen molar-refractivity contribution in [1.29, 1.82) is 0 Å². The number of nitrogens with one attached hydrogen (secondary N) is 1. The van der Waals surface area contributed by atoms with Crippen molar-refractivity contribution in [3.63, 3.8) is 0 Å². The average Bonchev–Trinajstić information content (AvgIpc) is 3.05. The van der Waals surface area contributed by atoms with Gasteiger partial charge in [0.15, 0.2) is 5.69 Å². The van der Waals surface area contributed by atoms with Crippen molar-refractivity contribution < 1.29 is 4.79 Å². The fourth-order valence-corrected chi connectivity index (χ4v) is 2.63. The molecule has 0 radical (unpaired) electrons. The summed E-state index contributed by atoms with van der Waals surface area (Å²) in [5, 5.41) is 7.12.